The normalized spacial score (nSPS) is 11.3. The Morgan fingerprint density at radius 3 is 2.17 bits per heavy atom. The van der Waals surface area contributed by atoms with Crippen molar-refractivity contribution in [3.8, 4) is 16.9 Å². The van der Waals surface area contributed by atoms with Crippen LogP contribution in [-0.4, -0.2) is 27.2 Å². The number of hydrogen-bond donors (Lipinski definition) is 2. The first-order chi connectivity index (χ1) is 25.3. The second-order valence-electron chi connectivity index (χ2n) is 13.7. The van der Waals surface area contributed by atoms with Gasteiger partial charge in [-0.25, -0.2) is 9.78 Å². The lowest BCUT2D eigenvalue weighted by molar-refractivity contribution is 0.262. The van der Waals surface area contributed by atoms with Crippen LogP contribution in [0.2, 0.25) is 0 Å². The van der Waals surface area contributed by atoms with Crippen molar-refractivity contribution in [2.45, 2.75) is 71.8 Å². The standard InChI is InChI=1S/C44H47N5O3/c1-30(2)36-21-9-22-37(31(3)4)40(36)47-44(51)48-41-39(34-19-8-20-35(28-34)52-27-13-18-33-16-10-24-45-29-33)38-23-11-25-46-42(38)49(43(41)50)26-12-17-32-14-6-5-7-15-32/h5-11,14-16,19-25,28-31H,12-13,17-18,26-27H2,1-4H3,(H2,47,48,51). The number of para-hydroxylation sites is 1. The topological polar surface area (TPSA) is 98.1 Å². The predicted molar refractivity (Wildman–Crippen MR) is 212 cm³/mol. The molecule has 0 fully saturated rings. The van der Waals surface area contributed by atoms with Crippen LogP contribution in [0.5, 0.6) is 5.75 Å². The summed E-state index contributed by atoms with van der Waals surface area (Å²) in [6, 6.07) is 31.4. The van der Waals surface area contributed by atoms with E-state index in [4.69, 9.17) is 9.72 Å². The molecule has 0 bridgehead atoms. The van der Waals surface area contributed by atoms with Gasteiger partial charge in [0.05, 0.1) is 6.61 Å². The number of nitrogens with one attached hydrogen (secondary N) is 2. The maximum Gasteiger partial charge on any atom is 0.323 e. The molecule has 6 rings (SSSR count). The number of fused-ring (bicyclic) bond motifs is 1. The van der Waals surface area contributed by atoms with E-state index < -0.39 is 6.03 Å². The summed E-state index contributed by atoms with van der Waals surface area (Å²) in [5.41, 5.74) is 7.01. The van der Waals surface area contributed by atoms with Gasteiger partial charge in [-0.2, -0.15) is 0 Å². The summed E-state index contributed by atoms with van der Waals surface area (Å²) in [7, 11) is 0. The van der Waals surface area contributed by atoms with Crippen LogP contribution in [0.1, 0.15) is 74.6 Å². The molecule has 266 valence electrons. The van der Waals surface area contributed by atoms with Crippen LogP contribution in [0.25, 0.3) is 22.2 Å². The number of ether oxygens (including phenoxy) is 1. The number of nitrogens with zero attached hydrogens (tertiary/aromatic N) is 3. The van der Waals surface area contributed by atoms with Crippen molar-refractivity contribution in [2.75, 3.05) is 17.2 Å². The van der Waals surface area contributed by atoms with E-state index in [-0.39, 0.29) is 23.1 Å². The number of amides is 2. The minimum atomic E-state index is -0.477. The molecular weight excluding hydrogens is 647 g/mol. The minimum absolute atomic E-state index is 0.185. The van der Waals surface area contributed by atoms with E-state index in [1.54, 1.807) is 17.0 Å². The van der Waals surface area contributed by atoms with Crippen LogP contribution in [0.15, 0.2) is 120 Å². The zero-order valence-corrected chi connectivity index (χ0v) is 30.4. The third-order valence-corrected chi connectivity index (χ3v) is 9.28. The number of carbonyl (C=O) groups is 1. The molecule has 0 atom stereocenters. The highest BCUT2D eigenvalue weighted by atomic mass is 16.5. The Bertz CT molecular complexity index is 2150. The molecule has 0 aliphatic rings. The van der Waals surface area contributed by atoms with Crippen molar-refractivity contribution in [1.29, 1.82) is 0 Å². The van der Waals surface area contributed by atoms with Crippen molar-refractivity contribution in [3.05, 3.63) is 148 Å². The van der Waals surface area contributed by atoms with E-state index in [9.17, 15) is 9.59 Å². The quantitative estimate of drug-likeness (QED) is 0.111. The average molecular weight is 694 g/mol. The van der Waals surface area contributed by atoms with E-state index in [1.807, 2.05) is 85.1 Å². The van der Waals surface area contributed by atoms with E-state index >= 15 is 0 Å². The molecule has 6 aromatic rings. The fraction of sp³-hybridized carbons (Fsp3) is 0.273. The van der Waals surface area contributed by atoms with Gasteiger partial charge in [-0.15, -0.1) is 0 Å². The molecule has 52 heavy (non-hydrogen) atoms. The van der Waals surface area contributed by atoms with Gasteiger partial charge in [0, 0.05) is 41.8 Å². The number of aryl methyl sites for hydroxylation is 3. The molecule has 3 aromatic carbocycles. The van der Waals surface area contributed by atoms with Gasteiger partial charge in [0.25, 0.3) is 5.56 Å². The molecule has 2 amide bonds. The number of benzene rings is 3. The third-order valence-electron chi connectivity index (χ3n) is 9.28. The monoisotopic (exact) mass is 693 g/mol. The van der Waals surface area contributed by atoms with Crippen molar-refractivity contribution in [2.24, 2.45) is 0 Å². The molecule has 2 N–H and O–H groups in total. The molecule has 0 spiro atoms. The lowest BCUT2D eigenvalue weighted by Crippen LogP contribution is -2.30. The number of aromatic nitrogens is 3. The zero-order valence-electron chi connectivity index (χ0n) is 30.4. The smallest absolute Gasteiger partial charge is 0.323 e. The molecular formula is C44H47N5O3. The van der Waals surface area contributed by atoms with Gasteiger partial charge in [0.15, 0.2) is 0 Å². The summed E-state index contributed by atoms with van der Waals surface area (Å²) in [4.78, 5) is 37.6. The average Bonchev–Trinajstić information content (AvgIpc) is 3.15. The number of urea groups is 1. The van der Waals surface area contributed by atoms with Crippen LogP contribution in [-0.2, 0) is 19.4 Å². The second-order valence-corrected chi connectivity index (χ2v) is 13.7. The van der Waals surface area contributed by atoms with Crippen LogP contribution >= 0.6 is 0 Å². The zero-order chi connectivity index (χ0) is 36.5. The first-order valence-corrected chi connectivity index (χ1v) is 18.2. The maximum atomic E-state index is 14.6. The van der Waals surface area contributed by atoms with Crippen LogP contribution in [0, 0.1) is 0 Å². The van der Waals surface area contributed by atoms with E-state index in [2.05, 4.69) is 61.5 Å². The van der Waals surface area contributed by atoms with Gasteiger partial charge in [0.2, 0.25) is 0 Å². The molecule has 3 aromatic heterocycles. The van der Waals surface area contributed by atoms with Gasteiger partial charge < -0.3 is 15.4 Å². The Kier molecular flexibility index (Phi) is 11.8. The Balaban J connectivity index is 1.37. The number of carbonyl (C=O) groups excluding carboxylic acids is 1. The van der Waals surface area contributed by atoms with Crippen LogP contribution < -0.4 is 20.9 Å². The Hall–Kier alpha value is -5.76. The summed E-state index contributed by atoms with van der Waals surface area (Å²) in [6.45, 7) is 9.40. The summed E-state index contributed by atoms with van der Waals surface area (Å²) in [5, 5.41) is 6.94. The Morgan fingerprint density at radius 1 is 0.750 bits per heavy atom. The van der Waals surface area contributed by atoms with E-state index in [1.165, 1.54) is 5.56 Å². The molecule has 8 nitrogen and oxygen atoms in total. The lowest BCUT2D eigenvalue weighted by atomic mass is 9.93. The molecule has 0 unspecified atom stereocenters. The van der Waals surface area contributed by atoms with Gasteiger partial charge >= 0.3 is 6.03 Å². The van der Waals surface area contributed by atoms with Gasteiger partial charge in [-0.1, -0.05) is 94.4 Å². The van der Waals surface area contributed by atoms with Crippen molar-refractivity contribution >= 4 is 28.4 Å². The van der Waals surface area contributed by atoms with Crippen LogP contribution in [0.3, 0.4) is 0 Å². The van der Waals surface area contributed by atoms with Crippen molar-refractivity contribution < 1.29 is 9.53 Å². The molecule has 0 radical (unpaired) electrons. The maximum absolute atomic E-state index is 14.6. The minimum Gasteiger partial charge on any atom is -0.494 e. The largest absolute Gasteiger partial charge is 0.494 e. The Labute approximate surface area is 305 Å². The fourth-order valence-corrected chi connectivity index (χ4v) is 6.70. The number of hydrogen-bond acceptors (Lipinski definition) is 5. The fourth-order valence-electron chi connectivity index (χ4n) is 6.70. The highest BCUT2D eigenvalue weighted by Crippen LogP contribution is 2.36. The van der Waals surface area contributed by atoms with Crippen molar-refractivity contribution in [3.63, 3.8) is 0 Å². The number of rotatable bonds is 14. The lowest BCUT2D eigenvalue weighted by Gasteiger charge is -2.22. The number of anilines is 2. The second kappa shape index (κ2) is 17.0. The van der Waals surface area contributed by atoms with Gasteiger partial charge in [-0.3, -0.25) is 14.3 Å². The summed E-state index contributed by atoms with van der Waals surface area (Å²) in [6.07, 6.45) is 8.56. The van der Waals surface area contributed by atoms with Crippen molar-refractivity contribution in [1.82, 2.24) is 14.5 Å². The highest BCUT2D eigenvalue weighted by molar-refractivity contribution is 6.07. The van der Waals surface area contributed by atoms with Gasteiger partial charge in [0.1, 0.15) is 17.1 Å². The molecule has 0 saturated carbocycles. The molecule has 8 heteroatoms. The SMILES string of the molecule is CC(C)c1cccc(C(C)C)c1NC(=O)Nc1c(-c2cccc(OCCCc3cccnc3)c2)c2cccnc2n(CCCc2ccccc2)c1=O. The van der Waals surface area contributed by atoms with E-state index in [0.29, 0.717) is 30.1 Å². The van der Waals surface area contributed by atoms with Gasteiger partial charge in [-0.05, 0) is 95.7 Å². The van der Waals surface area contributed by atoms with Crippen LogP contribution in [0.4, 0.5) is 16.2 Å². The summed E-state index contributed by atoms with van der Waals surface area (Å²) in [5.74, 6) is 1.05. The first kappa shape index (κ1) is 36.0. The van der Waals surface area contributed by atoms with E-state index in [0.717, 1.165) is 59.0 Å². The predicted octanol–water partition coefficient (Wildman–Crippen LogP) is 9.99. The summed E-state index contributed by atoms with van der Waals surface area (Å²) < 4.78 is 7.90. The molecule has 0 saturated heterocycles. The first-order valence-electron chi connectivity index (χ1n) is 18.2. The molecule has 3 heterocycles. The molecule has 0 aliphatic carbocycles. The number of pyridine rings is 3. The Morgan fingerprint density at radius 2 is 1.44 bits per heavy atom. The molecule has 0 aliphatic heterocycles. The highest BCUT2D eigenvalue weighted by Gasteiger charge is 2.23. The summed E-state index contributed by atoms with van der Waals surface area (Å²) >= 11 is 0. The third kappa shape index (κ3) is 8.57.